The van der Waals surface area contributed by atoms with Gasteiger partial charge >= 0.3 is 0 Å². The Bertz CT molecular complexity index is 239. The lowest BCUT2D eigenvalue weighted by molar-refractivity contribution is -0.136. The van der Waals surface area contributed by atoms with Crippen LogP contribution in [0.15, 0.2) is 0 Å². The number of unbranched alkanes of at least 4 members (excludes halogenated alkanes) is 4. The van der Waals surface area contributed by atoms with Crippen molar-refractivity contribution in [3.05, 3.63) is 0 Å². The second-order valence-corrected chi connectivity index (χ2v) is 6.05. The summed E-state index contributed by atoms with van der Waals surface area (Å²) in [5.41, 5.74) is 0. The second kappa shape index (κ2) is 11.1. The Kier molecular flexibility index (Phi) is 9.73. The number of carbonyl (C=O) groups excluding carboxylic acids is 1. The van der Waals surface area contributed by atoms with E-state index in [1.165, 1.54) is 51.4 Å². The zero-order valence-electron chi connectivity index (χ0n) is 13.5. The molecule has 1 aliphatic rings. The van der Waals surface area contributed by atoms with Gasteiger partial charge in [-0.3, -0.25) is 4.79 Å². The average Bonchev–Trinajstić information content (AvgIpc) is 2.48. The summed E-state index contributed by atoms with van der Waals surface area (Å²) in [4.78, 5) is 14.3. The van der Waals surface area contributed by atoms with Gasteiger partial charge in [0.15, 0.2) is 0 Å². The first-order chi connectivity index (χ1) is 9.77. The van der Waals surface area contributed by atoms with E-state index < -0.39 is 0 Å². The quantitative estimate of drug-likeness (QED) is 0.567. The summed E-state index contributed by atoms with van der Waals surface area (Å²) in [6.07, 6.45) is 10.9. The van der Waals surface area contributed by atoms with Crippen molar-refractivity contribution < 1.29 is 9.53 Å². The summed E-state index contributed by atoms with van der Waals surface area (Å²) in [5.74, 6) is 0.953. The summed E-state index contributed by atoms with van der Waals surface area (Å²) in [6, 6.07) is 0. The Labute approximate surface area is 125 Å². The first-order valence-electron chi connectivity index (χ1n) is 8.63. The summed E-state index contributed by atoms with van der Waals surface area (Å²) < 4.78 is 5.32. The van der Waals surface area contributed by atoms with Gasteiger partial charge in [0.05, 0.1) is 13.2 Å². The van der Waals surface area contributed by atoms with Crippen LogP contribution >= 0.6 is 0 Å². The summed E-state index contributed by atoms with van der Waals surface area (Å²) in [5, 5.41) is 0. The molecule has 0 spiro atoms. The Morgan fingerprint density at radius 3 is 2.05 bits per heavy atom. The lowest BCUT2D eigenvalue weighted by Gasteiger charge is -2.28. The van der Waals surface area contributed by atoms with E-state index in [9.17, 15) is 4.79 Å². The molecular formula is C17H33NO2. The van der Waals surface area contributed by atoms with Crippen molar-refractivity contribution in [2.75, 3.05) is 26.3 Å². The van der Waals surface area contributed by atoms with E-state index in [0.717, 1.165) is 19.5 Å². The predicted octanol–water partition coefficient (Wildman–Crippen LogP) is 4.01. The topological polar surface area (TPSA) is 29.5 Å². The summed E-state index contributed by atoms with van der Waals surface area (Å²) in [6.45, 7) is 7.48. The maximum absolute atomic E-state index is 12.3. The molecule has 0 radical (unpaired) electrons. The fraction of sp³-hybridized carbons (Fsp3) is 0.941. The van der Waals surface area contributed by atoms with Crippen LogP contribution in [0, 0.1) is 5.92 Å². The van der Waals surface area contributed by atoms with Crippen LogP contribution in [0.2, 0.25) is 0 Å². The molecule has 1 rings (SSSR count). The highest BCUT2D eigenvalue weighted by molar-refractivity contribution is 5.76. The largest absolute Gasteiger partial charge is 0.378 e. The molecule has 0 N–H and O–H groups in total. The minimum atomic E-state index is 0.353. The number of rotatable bonds is 10. The lowest BCUT2D eigenvalue weighted by atomic mass is 9.91. The highest BCUT2D eigenvalue weighted by Gasteiger charge is 2.20. The van der Waals surface area contributed by atoms with Crippen molar-refractivity contribution in [3.8, 4) is 0 Å². The van der Waals surface area contributed by atoms with Gasteiger partial charge in [-0.25, -0.2) is 0 Å². The standard InChI is InChI=1S/C17H33NO2/c1-3-5-7-9-16(10-8-6-4-2)15-17(19)18-11-13-20-14-12-18/h16H,3-15H2,1-2H3. The molecular weight excluding hydrogens is 250 g/mol. The minimum Gasteiger partial charge on any atom is -0.378 e. The zero-order valence-corrected chi connectivity index (χ0v) is 13.5. The number of carbonyl (C=O) groups is 1. The molecule has 3 heteroatoms. The fourth-order valence-corrected chi connectivity index (χ4v) is 2.90. The van der Waals surface area contributed by atoms with Gasteiger partial charge in [-0.1, -0.05) is 52.4 Å². The van der Waals surface area contributed by atoms with E-state index in [-0.39, 0.29) is 0 Å². The highest BCUT2D eigenvalue weighted by Crippen LogP contribution is 2.22. The van der Waals surface area contributed by atoms with E-state index in [1.807, 2.05) is 4.90 Å². The van der Waals surface area contributed by atoms with Crippen LogP contribution < -0.4 is 0 Å². The third-order valence-corrected chi connectivity index (χ3v) is 4.26. The van der Waals surface area contributed by atoms with Crippen LogP contribution in [-0.2, 0) is 9.53 Å². The molecule has 0 aromatic heterocycles. The molecule has 0 atom stereocenters. The Hall–Kier alpha value is -0.570. The summed E-state index contributed by atoms with van der Waals surface area (Å²) >= 11 is 0. The van der Waals surface area contributed by atoms with Crippen molar-refractivity contribution in [2.24, 2.45) is 5.92 Å². The van der Waals surface area contributed by atoms with Gasteiger partial charge in [0.25, 0.3) is 0 Å². The molecule has 3 nitrogen and oxygen atoms in total. The number of nitrogens with zero attached hydrogens (tertiary/aromatic N) is 1. The maximum atomic E-state index is 12.3. The van der Waals surface area contributed by atoms with E-state index >= 15 is 0 Å². The van der Waals surface area contributed by atoms with Gasteiger partial charge in [0.2, 0.25) is 5.91 Å². The molecule has 0 bridgehead atoms. The lowest BCUT2D eigenvalue weighted by Crippen LogP contribution is -2.41. The third kappa shape index (κ3) is 7.28. The van der Waals surface area contributed by atoms with Gasteiger partial charge in [0, 0.05) is 19.5 Å². The minimum absolute atomic E-state index is 0.353. The van der Waals surface area contributed by atoms with Gasteiger partial charge < -0.3 is 9.64 Å². The number of hydrogen-bond donors (Lipinski definition) is 0. The van der Waals surface area contributed by atoms with E-state index in [2.05, 4.69) is 13.8 Å². The molecule has 0 aromatic rings. The van der Waals surface area contributed by atoms with Gasteiger partial charge in [-0.15, -0.1) is 0 Å². The van der Waals surface area contributed by atoms with Crippen LogP contribution in [0.5, 0.6) is 0 Å². The van der Waals surface area contributed by atoms with Crippen molar-refractivity contribution in [1.29, 1.82) is 0 Å². The number of morpholine rings is 1. The fourth-order valence-electron chi connectivity index (χ4n) is 2.90. The number of amides is 1. The van der Waals surface area contributed by atoms with Gasteiger partial charge in [0.1, 0.15) is 0 Å². The molecule has 20 heavy (non-hydrogen) atoms. The molecule has 0 aromatic carbocycles. The zero-order chi connectivity index (χ0) is 14.6. The molecule has 1 fully saturated rings. The molecule has 0 unspecified atom stereocenters. The third-order valence-electron chi connectivity index (χ3n) is 4.26. The molecule has 118 valence electrons. The smallest absolute Gasteiger partial charge is 0.223 e. The first-order valence-corrected chi connectivity index (χ1v) is 8.63. The molecule has 0 saturated carbocycles. The monoisotopic (exact) mass is 283 g/mol. The van der Waals surface area contributed by atoms with Crippen molar-refractivity contribution in [2.45, 2.75) is 71.6 Å². The average molecular weight is 283 g/mol. The maximum Gasteiger partial charge on any atom is 0.223 e. The van der Waals surface area contributed by atoms with Crippen molar-refractivity contribution >= 4 is 5.91 Å². The Morgan fingerprint density at radius 2 is 1.55 bits per heavy atom. The van der Waals surface area contributed by atoms with E-state index in [1.54, 1.807) is 0 Å². The number of hydrogen-bond acceptors (Lipinski definition) is 2. The SMILES string of the molecule is CCCCCC(CCCCC)CC(=O)N1CCOCC1. The molecule has 1 saturated heterocycles. The predicted molar refractivity (Wildman–Crippen MR) is 83.8 cm³/mol. The van der Waals surface area contributed by atoms with Crippen LogP contribution in [0.25, 0.3) is 0 Å². The molecule has 1 aliphatic heterocycles. The molecule has 1 heterocycles. The van der Waals surface area contributed by atoms with Crippen LogP contribution in [0.3, 0.4) is 0 Å². The van der Waals surface area contributed by atoms with Crippen LogP contribution in [0.4, 0.5) is 0 Å². The van der Waals surface area contributed by atoms with Crippen LogP contribution in [-0.4, -0.2) is 37.1 Å². The Balaban J connectivity index is 2.33. The molecule has 1 amide bonds. The van der Waals surface area contributed by atoms with Gasteiger partial charge in [-0.2, -0.15) is 0 Å². The normalized spacial score (nSPS) is 15.8. The number of ether oxygens (including phenoxy) is 1. The summed E-state index contributed by atoms with van der Waals surface area (Å²) in [7, 11) is 0. The highest BCUT2D eigenvalue weighted by atomic mass is 16.5. The van der Waals surface area contributed by atoms with Gasteiger partial charge in [-0.05, 0) is 18.8 Å². The van der Waals surface area contributed by atoms with E-state index in [4.69, 9.17) is 4.74 Å². The van der Waals surface area contributed by atoms with Crippen LogP contribution in [0.1, 0.15) is 71.6 Å². The Morgan fingerprint density at radius 1 is 1.00 bits per heavy atom. The van der Waals surface area contributed by atoms with E-state index in [0.29, 0.717) is 25.0 Å². The molecule has 0 aliphatic carbocycles. The van der Waals surface area contributed by atoms with Crippen molar-refractivity contribution in [1.82, 2.24) is 4.90 Å². The van der Waals surface area contributed by atoms with Crippen molar-refractivity contribution in [3.63, 3.8) is 0 Å². The second-order valence-electron chi connectivity index (χ2n) is 6.05. The first kappa shape index (κ1) is 17.5.